The molecule has 0 saturated heterocycles. The molecule has 126 valence electrons. The molecule has 2 aromatic carbocycles. The minimum atomic E-state index is -1.26. The normalized spacial score (nSPS) is 11.0. The Morgan fingerprint density at radius 3 is 2.17 bits per heavy atom. The van der Waals surface area contributed by atoms with Crippen LogP contribution in [-0.2, 0) is 9.59 Å². The quantitative estimate of drug-likeness (QED) is 0.848. The fourth-order valence-corrected chi connectivity index (χ4v) is 2.31. The molecular weight excluding hydrogens is 307 g/mol. The Morgan fingerprint density at radius 1 is 1.04 bits per heavy atom. The zero-order chi connectivity index (χ0) is 17.7. The minimum Gasteiger partial charge on any atom is -0.325 e. The first kappa shape index (κ1) is 17.7. The molecule has 0 heterocycles. The monoisotopic (exact) mass is 328 g/mol. The van der Waals surface area contributed by atoms with Crippen molar-refractivity contribution in [3.8, 4) is 0 Å². The van der Waals surface area contributed by atoms with Crippen molar-refractivity contribution < 1.29 is 14.0 Å². The average Bonchev–Trinajstić information content (AvgIpc) is 2.58. The van der Waals surface area contributed by atoms with E-state index in [9.17, 15) is 14.0 Å². The van der Waals surface area contributed by atoms with Gasteiger partial charge in [0.2, 0.25) is 11.8 Å². The first-order valence-electron chi connectivity index (χ1n) is 7.80. The number of carbonyl (C=O) groups is 2. The molecule has 0 saturated carbocycles. The third-order valence-corrected chi connectivity index (χ3v) is 3.83. The molecule has 5 heteroatoms. The highest BCUT2D eigenvalue weighted by atomic mass is 19.1. The summed E-state index contributed by atoms with van der Waals surface area (Å²) in [7, 11) is 0. The van der Waals surface area contributed by atoms with E-state index < -0.39 is 11.3 Å². The van der Waals surface area contributed by atoms with Gasteiger partial charge >= 0.3 is 0 Å². The van der Waals surface area contributed by atoms with Crippen molar-refractivity contribution in [1.82, 2.24) is 0 Å². The number of anilines is 2. The van der Waals surface area contributed by atoms with Crippen LogP contribution in [0, 0.1) is 11.2 Å². The van der Waals surface area contributed by atoms with Crippen LogP contribution in [0.2, 0.25) is 0 Å². The molecule has 4 nitrogen and oxygen atoms in total. The summed E-state index contributed by atoms with van der Waals surface area (Å²) >= 11 is 0. The van der Waals surface area contributed by atoms with Gasteiger partial charge in [0.25, 0.3) is 0 Å². The van der Waals surface area contributed by atoms with E-state index in [1.165, 1.54) is 24.3 Å². The number of benzene rings is 2. The molecule has 2 aromatic rings. The van der Waals surface area contributed by atoms with E-state index in [4.69, 9.17) is 0 Å². The Labute approximate surface area is 141 Å². The van der Waals surface area contributed by atoms with Crippen molar-refractivity contribution in [2.24, 2.45) is 5.41 Å². The number of halogens is 1. The van der Waals surface area contributed by atoms with Crippen molar-refractivity contribution >= 4 is 23.2 Å². The summed E-state index contributed by atoms with van der Waals surface area (Å²) in [5.74, 6) is -1.12. The lowest BCUT2D eigenvalue weighted by atomic mass is 9.89. The summed E-state index contributed by atoms with van der Waals surface area (Å²) in [6, 6.07) is 14.7. The smallest absolute Gasteiger partial charge is 0.242 e. The third kappa shape index (κ3) is 3.79. The molecule has 0 radical (unpaired) electrons. The van der Waals surface area contributed by atoms with Crippen LogP contribution in [0.25, 0.3) is 0 Å². The van der Waals surface area contributed by atoms with Gasteiger partial charge in [-0.2, -0.15) is 0 Å². The van der Waals surface area contributed by atoms with E-state index in [0.717, 1.165) is 5.69 Å². The maximum atomic E-state index is 13.0. The van der Waals surface area contributed by atoms with Crippen LogP contribution in [0.15, 0.2) is 54.6 Å². The summed E-state index contributed by atoms with van der Waals surface area (Å²) in [4.78, 5) is 27.0. The number of para-hydroxylation sites is 1. The van der Waals surface area contributed by atoms with Gasteiger partial charge in [0, 0.05) is 17.9 Å². The number of carbonyl (C=O) groups excluding carboxylic acids is 2. The van der Waals surface area contributed by atoms with Crippen LogP contribution in [0.5, 0.6) is 0 Å². The number of nitrogens with one attached hydrogen (secondary N) is 1. The number of hydrogen-bond acceptors (Lipinski definition) is 2. The van der Waals surface area contributed by atoms with E-state index in [-0.39, 0.29) is 11.7 Å². The molecule has 0 aliphatic rings. The van der Waals surface area contributed by atoms with Crippen LogP contribution in [-0.4, -0.2) is 18.4 Å². The first-order valence-corrected chi connectivity index (χ1v) is 7.80. The minimum absolute atomic E-state index is 0.296. The zero-order valence-corrected chi connectivity index (χ0v) is 14.0. The lowest BCUT2D eigenvalue weighted by Gasteiger charge is -2.30. The van der Waals surface area contributed by atoms with Crippen LogP contribution in [0.4, 0.5) is 15.8 Å². The van der Waals surface area contributed by atoms with E-state index in [0.29, 0.717) is 12.2 Å². The van der Waals surface area contributed by atoms with Crippen LogP contribution in [0.3, 0.4) is 0 Å². The molecule has 2 amide bonds. The van der Waals surface area contributed by atoms with Crippen molar-refractivity contribution in [3.63, 3.8) is 0 Å². The Morgan fingerprint density at radius 2 is 1.62 bits per heavy atom. The van der Waals surface area contributed by atoms with Crippen molar-refractivity contribution in [1.29, 1.82) is 0 Å². The Bertz CT molecular complexity index is 712. The van der Waals surface area contributed by atoms with Gasteiger partial charge in [-0.15, -0.1) is 0 Å². The van der Waals surface area contributed by atoms with Crippen LogP contribution >= 0.6 is 0 Å². The predicted molar refractivity (Wildman–Crippen MR) is 93.3 cm³/mol. The lowest BCUT2D eigenvalue weighted by molar-refractivity contribution is -0.136. The summed E-state index contributed by atoms with van der Waals surface area (Å²) in [5.41, 5.74) is -0.0713. The third-order valence-electron chi connectivity index (χ3n) is 3.83. The maximum Gasteiger partial charge on any atom is 0.242 e. The molecule has 0 aliphatic carbocycles. The number of amides is 2. The second-order valence-corrected chi connectivity index (χ2v) is 5.97. The Kier molecular flexibility index (Phi) is 5.34. The molecule has 0 atom stereocenters. The molecule has 2 rings (SSSR count). The van der Waals surface area contributed by atoms with Gasteiger partial charge in [-0.05, 0) is 57.2 Å². The standard InChI is InChI=1S/C19H21FN2O2/c1-4-22(16-8-6-5-7-9-16)18(24)19(2,3)17(23)21-15-12-10-14(20)11-13-15/h5-13H,4H2,1-3H3,(H,21,23). The number of hydrogen-bond donors (Lipinski definition) is 1. The number of nitrogens with zero attached hydrogens (tertiary/aromatic N) is 1. The molecule has 0 aromatic heterocycles. The molecule has 0 unspecified atom stereocenters. The van der Waals surface area contributed by atoms with E-state index in [1.54, 1.807) is 18.7 Å². The van der Waals surface area contributed by atoms with E-state index >= 15 is 0 Å². The topological polar surface area (TPSA) is 49.4 Å². The van der Waals surface area contributed by atoms with Gasteiger partial charge in [-0.1, -0.05) is 18.2 Å². The molecule has 1 N–H and O–H groups in total. The van der Waals surface area contributed by atoms with Gasteiger partial charge in [-0.25, -0.2) is 4.39 Å². The van der Waals surface area contributed by atoms with E-state index in [2.05, 4.69) is 5.32 Å². The Balaban J connectivity index is 2.19. The second kappa shape index (κ2) is 7.25. The summed E-state index contributed by atoms with van der Waals surface area (Å²) in [6.07, 6.45) is 0. The zero-order valence-electron chi connectivity index (χ0n) is 14.0. The Hall–Kier alpha value is -2.69. The van der Waals surface area contributed by atoms with Gasteiger partial charge in [0.05, 0.1) is 0 Å². The molecule has 0 fully saturated rings. The summed E-state index contributed by atoms with van der Waals surface area (Å²) < 4.78 is 13.0. The lowest BCUT2D eigenvalue weighted by Crippen LogP contribution is -2.47. The van der Waals surface area contributed by atoms with Crippen molar-refractivity contribution in [2.75, 3.05) is 16.8 Å². The van der Waals surface area contributed by atoms with Crippen molar-refractivity contribution in [2.45, 2.75) is 20.8 Å². The van der Waals surface area contributed by atoms with Gasteiger partial charge in [-0.3, -0.25) is 9.59 Å². The molecule has 0 aliphatic heterocycles. The van der Waals surface area contributed by atoms with E-state index in [1.807, 2.05) is 37.3 Å². The largest absolute Gasteiger partial charge is 0.325 e. The summed E-state index contributed by atoms with van der Waals surface area (Å²) in [5, 5.41) is 2.67. The molecule has 24 heavy (non-hydrogen) atoms. The van der Waals surface area contributed by atoms with Crippen LogP contribution < -0.4 is 10.2 Å². The second-order valence-electron chi connectivity index (χ2n) is 5.97. The predicted octanol–water partition coefficient (Wildman–Crippen LogP) is 3.84. The number of rotatable bonds is 5. The first-order chi connectivity index (χ1) is 11.4. The summed E-state index contributed by atoms with van der Waals surface area (Å²) in [6.45, 7) is 5.48. The SMILES string of the molecule is CCN(C(=O)C(C)(C)C(=O)Nc1ccc(F)cc1)c1ccccc1. The molecular formula is C19H21FN2O2. The van der Waals surface area contributed by atoms with Crippen LogP contribution in [0.1, 0.15) is 20.8 Å². The fraction of sp³-hybridized carbons (Fsp3) is 0.263. The highest BCUT2D eigenvalue weighted by molar-refractivity contribution is 6.14. The van der Waals surface area contributed by atoms with Gasteiger partial charge in [0.15, 0.2) is 0 Å². The molecule has 0 bridgehead atoms. The van der Waals surface area contributed by atoms with Gasteiger partial charge in [0.1, 0.15) is 11.2 Å². The highest BCUT2D eigenvalue weighted by Gasteiger charge is 2.39. The average molecular weight is 328 g/mol. The van der Waals surface area contributed by atoms with Gasteiger partial charge < -0.3 is 10.2 Å². The highest BCUT2D eigenvalue weighted by Crippen LogP contribution is 2.25. The van der Waals surface area contributed by atoms with Crippen molar-refractivity contribution in [3.05, 3.63) is 60.4 Å². The maximum absolute atomic E-state index is 13.0. The fourth-order valence-electron chi connectivity index (χ4n) is 2.31. The molecule has 0 spiro atoms.